The van der Waals surface area contributed by atoms with Gasteiger partial charge in [-0.3, -0.25) is 9.69 Å². The fraction of sp³-hybridized carbons (Fsp3) is 0.381. The summed E-state index contributed by atoms with van der Waals surface area (Å²) >= 11 is 0. The van der Waals surface area contributed by atoms with Crippen molar-refractivity contribution < 1.29 is 14.3 Å². The van der Waals surface area contributed by atoms with Crippen LogP contribution >= 0.6 is 0 Å². The third-order valence-corrected chi connectivity index (χ3v) is 4.45. The Balaban J connectivity index is 1.44. The summed E-state index contributed by atoms with van der Waals surface area (Å²) in [6.07, 6.45) is 0.988. The Kier molecular flexibility index (Phi) is 6.63. The molecule has 5 nitrogen and oxygen atoms in total. The fourth-order valence-electron chi connectivity index (χ4n) is 2.88. The minimum absolute atomic E-state index is 0.000993. The Morgan fingerprint density at radius 1 is 1.04 bits per heavy atom. The van der Waals surface area contributed by atoms with Gasteiger partial charge in [0.1, 0.15) is 5.75 Å². The minimum Gasteiger partial charge on any atom is -0.484 e. The second-order valence-corrected chi connectivity index (χ2v) is 6.42. The molecule has 26 heavy (non-hydrogen) atoms. The smallest absolute Gasteiger partial charge is 0.262 e. The number of hydrogen-bond acceptors (Lipinski definition) is 4. The molecule has 1 amide bonds. The minimum atomic E-state index is -0.162. The molecule has 0 atom stereocenters. The third-order valence-electron chi connectivity index (χ3n) is 4.45. The van der Waals surface area contributed by atoms with Crippen LogP contribution in [0.25, 0.3) is 0 Å². The van der Waals surface area contributed by atoms with Crippen molar-refractivity contribution in [2.24, 2.45) is 0 Å². The molecule has 0 radical (unpaired) electrons. The number of nitrogens with zero attached hydrogens (tertiary/aromatic N) is 1. The monoisotopic (exact) mass is 354 g/mol. The fourth-order valence-corrected chi connectivity index (χ4v) is 2.88. The molecule has 0 bridgehead atoms. The van der Waals surface area contributed by atoms with Crippen molar-refractivity contribution >= 4 is 11.6 Å². The van der Waals surface area contributed by atoms with Crippen LogP contribution in [0.2, 0.25) is 0 Å². The van der Waals surface area contributed by atoms with E-state index < -0.39 is 0 Å². The van der Waals surface area contributed by atoms with Crippen molar-refractivity contribution in [1.29, 1.82) is 0 Å². The molecular weight excluding hydrogens is 328 g/mol. The second-order valence-electron chi connectivity index (χ2n) is 6.42. The SMILES string of the molecule is CCc1ccc(OCC(=O)Nc2ccc(CN3CCOCC3)cc2)cc1. The van der Waals surface area contributed by atoms with Crippen LogP contribution in [0, 0.1) is 0 Å². The normalized spacial score (nSPS) is 14.8. The molecule has 0 unspecified atom stereocenters. The van der Waals surface area contributed by atoms with Gasteiger partial charge in [-0.25, -0.2) is 0 Å². The quantitative estimate of drug-likeness (QED) is 0.830. The van der Waals surface area contributed by atoms with E-state index in [1.807, 2.05) is 36.4 Å². The molecule has 138 valence electrons. The maximum Gasteiger partial charge on any atom is 0.262 e. The van der Waals surface area contributed by atoms with E-state index in [0.29, 0.717) is 5.75 Å². The Morgan fingerprint density at radius 3 is 2.35 bits per heavy atom. The molecule has 0 saturated carbocycles. The van der Waals surface area contributed by atoms with E-state index in [4.69, 9.17) is 9.47 Å². The molecule has 2 aromatic carbocycles. The van der Waals surface area contributed by atoms with Crippen molar-refractivity contribution in [2.45, 2.75) is 19.9 Å². The first-order valence-electron chi connectivity index (χ1n) is 9.13. The number of carbonyl (C=O) groups is 1. The lowest BCUT2D eigenvalue weighted by molar-refractivity contribution is -0.118. The predicted octanol–water partition coefficient (Wildman–Crippen LogP) is 3.10. The number of ether oxygens (including phenoxy) is 2. The van der Waals surface area contributed by atoms with Gasteiger partial charge in [-0.05, 0) is 41.8 Å². The van der Waals surface area contributed by atoms with Crippen LogP contribution in [0.5, 0.6) is 5.75 Å². The summed E-state index contributed by atoms with van der Waals surface area (Å²) in [5.41, 5.74) is 3.27. The average molecular weight is 354 g/mol. The molecule has 0 aromatic heterocycles. The lowest BCUT2D eigenvalue weighted by Gasteiger charge is -2.26. The summed E-state index contributed by atoms with van der Waals surface area (Å²) in [7, 11) is 0. The first kappa shape index (κ1) is 18.4. The largest absolute Gasteiger partial charge is 0.484 e. The van der Waals surface area contributed by atoms with Crippen LogP contribution in [0.3, 0.4) is 0 Å². The third kappa shape index (κ3) is 5.58. The molecule has 2 aromatic rings. The van der Waals surface area contributed by atoms with Crippen LogP contribution < -0.4 is 10.1 Å². The van der Waals surface area contributed by atoms with Gasteiger partial charge in [0.2, 0.25) is 0 Å². The molecule has 1 aliphatic heterocycles. The van der Waals surface area contributed by atoms with Gasteiger partial charge in [-0.1, -0.05) is 31.2 Å². The first-order valence-corrected chi connectivity index (χ1v) is 9.13. The number of aryl methyl sites for hydroxylation is 1. The zero-order valence-electron chi connectivity index (χ0n) is 15.2. The standard InChI is InChI=1S/C21H26N2O3/c1-2-17-5-9-20(10-6-17)26-16-21(24)22-19-7-3-18(4-8-19)15-23-11-13-25-14-12-23/h3-10H,2,11-16H2,1H3,(H,22,24). The Labute approximate surface area is 154 Å². The zero-order valence-corrected chi connectivity index (χ0v) is 15.2. The number of anilines is 1. The van der Waals surface area contributed by atoms with Crippen molar-refractivity contribution in [3.63, 3.8) is 0 Å². The summed E-state index contributed by atoms with van der Waals surface area (Å²) in [6, 6.07) is 15.8. The second kappa shape index (κ2) is 9.36. The highest BCUT2D eigenvalue weighted by Gasteiger charge is 2.10. The van der Waals surface area contributed by atoms with E-state index >= 15 is 0 Å². The number of amides is 1. The van der Waals surface area contributed by atoms with Crippen LogP contribution in [-0.2, 0) is 22.5 Å². The van der Waals surface area contributed by atoms with Gasteiger partial charge in [0.05, 0.1) is 13.2 Å². The van der Waals surface area contributed by atoms with E-state index in [2.05, 4.69) is 29.3 Å². The van der Waals surface area contributed by atoms with E-state index in [0.717, 1.165) is 45.0 Å². The lowest BCUT2D eigenvalue weighted by atomic mass is 10.2. The highest BCUT2D eigenvalue weighted by Crippen LogP contribution is 2.14. The highest BCUT2D eigenvalue weighted by molar-refractivity contribution is 5.91. The summed E-state index contributed by atoms with van der Waals surface area (Å²) in [5, 5.41) is 2.87. The molecule has 1 N–H and O–H groups in total. The van der Waals surface area contributed by atoms with Gasteiger partial charge in [0, 0.05) is 25.3 Å². The van der Waals surface area contributed by atoms with Crippen molar-refractivity contribution in [2.75, 3.05) is 38.2 Å². The number of hydrogen-bond donors (Lipinski definition) is 1. The van der Waals surface area contributed by atoms with Crippen LogP contribution in [-0.4, -0.2) is 43.7 Å². The molecule has 1 heterocycles. The van der Waals surface area contributed by atoms with Gasteiger partial charge >= 0.3 is 0 Å². The Bertz CT molecular complexity index is 692. The number of rotatable bonds is 7. The Morgan fingerprint density at radius 2 is 1.69 bits per heavy atom. The van der Waals surface area contributed by atoms with Gasteiger partial charge in [0.25, 0.3) is 5.91 Å². The van der Waals surface area contributed by atoms with E-state index in [9.17, 15) is 4.79 Å². The van der Waals surface area contributed by atoms with Crippen molar-refractivity contribution in [3.8, 4) is 5.75 Å². The summed E-state index contributed by atoms with van der Waals surface area (Å²) in [4.78, 5) is 14.4. The van der Waals surface area contributed by atoms with Gasteiger partial charge < -0.3 is 14.8 Å². The van der Waals surface area contributed by atoms with Crippen molar-refractivity contribution in [1.82, 2.24) is 4.90 Å². The number of benzene rings is 2. The van der Waals surface area contributed by atoms with E-state index in [-0.39, 0.29) is 12.5 Å². The summed E-state index contributed by atoms with van der Waals surface area (Å²) < 4.78 is 10.9. The molecule has 5 heteroatoms. The summed E-state index contributed by atoms with van der Waals surface area (Å²) in [5.74, 6) is 0.545. The molecule has 1 saturated heterocycles. The lowest BCUT2D eigenvalue weighted by Crippen LogP contribution is -2.35. The van der Waals surface area contributed by atoms with Gasteiger partial charge in [-0.15, -0.1) is 0 Å². The highest BCUT2D eigenvalue weighted by atomic mass is 16.5. The molecule has 0 aliphatic carbocycles. The number of morpholine rings is 1. The van der Waals surface area contributed by atoms with Gasteiger partial charge in [0.15, 0.2) is 6.61 Å². The van der Waals surface area contributed by atoms with Crippen LogP contribution in [0.1, 0.15) is 18.1 Å². The van der Waals surface area contributed by atoms with E-state index in [1.165, 1.54) is 11.1 Å². The van der Waals surface area contributed by atoms with Crippen LogP contribution in [0.15, 0.2) is 48.5 Å². The molecule has 1 fully saturated rings. The maximum atomic E-state index is 12.1. The molecular formula is C21H26N2O3. The van der Waals surface area contributed by atoms with Gasteiger partial charge in [-0.2, -0.15) is 0 Å². The number of nitrogens with one attached hydrogen (secondary N) is 1. The topological polar surface area (TPSA) is 50.8 Å². The first-order chi connectivity index (χ1) is 12.7. The molecule has 3 rings (SSSR count). The maximum absolute atomic E-state index is 12.1. The van der Waals surface area contributed by atoms with Crippen LogP contribution in [0.4, 0.5) is 5.69 Å². The predicted molar refractivity (Wildman–Crippen MR) is 102 cm³/mol. The molecule has 0 spiro atoms. The average Bonchev–Trinajstić information content (AvgIpc) is 2.69. The Hall–Kier alpha value is -2.37. The summed E-state index contributed by atoms with van der Waals surface area (Å²) in [6.45, 7) is 6.56. The zero-order chi connectivity index (χ0) is 18.2. The van der Waals surface area contributed by atoms with E-state index in [1.54, 1.807) is 0 Å². The number of carbonyl (C=O) groups excluding carboxylic acids is 1. The molecule has 1 aliphatic rings. The van der Waals surface area contributed by atoms with Crippen molar-refractivity contribution in [3.05, 3.63) is 59.7 Å².